The van der Waals surface area contributed by atoms with Crippen molar-refractivity contribution in [2.75, 3.05) is 5.32 Å². The van der Waals surface area contributed by atoms with Crippen molar-refractivity contribution in [1.29, 1.82) is 0 Å². The summed E-state index contributed by atoms with van der Waals surface area (Å²) in [5.74, 6) is -0.368. The lowest BCUT2D eigenvalue weighted by atomic mass is 10.1. The van der Waals surface area contributed by atoms with E-state index in [-0.39, 0.29) is 22.8 Å². The summed E-state index contributed by atoms with van der Waals surface area (Å²) < 4.78 is 0. The molecule has 0 aliphatic carbocycles. The van der Waals surface area contributed by atoms with Gasteiger partial charge in [-0.15, -0.1) is 0 Å². The van der Waals surface area contributed by atoms with E-state index in [0.29, 0.717) is 16.8 Å². The second kappa shape index (κ2) is 6.02. The van der Waals surface area contributed by atoms with Gasteiger partial charge in [-0.1, -0.05) is 41.4 Å². The Morgan fingerprint density at radius 2 is 1.84 bits per heavy atom. The third kappa shape index (κ3) is 3.44. The summed E-state index contributed by atoms with van der Waals surface area (Å²) in [5.41, 5.74) is 1.47. The largest absolute Gasteiger partial charge is 0.392 e. The number of carbonyl (C=O) groups is 1. The number of hydrogen-bond acceptors (Lipinski definition) is 3. The van der Waals surface area contributed by atoms with E-state index >= 15 is 0 Å². The normalized spacial score (nSPS) is 10.3. The highest BCUT2D eigenvalue weighted by Crippen LogP contribution is 2.18. The number of hydrogen-bond donors (Lipinski definition) is 2. The zero-order valence-corrected chi connectivity index (χ0v) is 11.2. The minimum absolute atomic E-state index is 0.146. The van der Waals surface area contributed by atoms with Gasteiger partial charge in [-0.3, -0.25) is 4.79 Å². The molecule has 0 aliphatic rings. The first kappa shape index (κ1) is 13.8. The molecule has 0 spiro atoms. The van der Waals surface area contributed by atoms with Gasteiger partial charge in [0.05, 0.1) is 6.61 Å². The number of carbonyl (C=O) groups excluding carboxylic acids is 1. The predicted molar refractivity (Wildman–Crippen MR) is 74.6 cm³/mol. The lowest BCUT2D eigenvalue weighted by Gasteiger charge is -2.09. The molecule has 2 aromatic rings. The topological polar surface area (TPSA) is 62.2 Å². The number of nitrogens with zero attached hydrogens (tertiary/aromatic N) is 1. The van der Waals surface area contributed by atoms with Gasteiger partial charge in [0.2, 0.25) is 0 Å². The number of aliphatic hydroxyl groups is 1. The van der Waals surface area contributed by atoms with Gasteiger partial charge in [-0.25, -0.2) is 4.98 Å². The van der Waals surface area contributed by atoms with Gasteiger partial charge < -0.3 is 10.4 Å². The molecule has 0 aliphatic heterocycles. The highest BCUT2D eigenvalue weighted by molar-refractivity contribution is 6.33. The number of nitrogens with one attached hydrogen (secondary N) is 1. The van der Waals surface area contributed by atoms with Crippen LogP contribution in [0.1, 0.15) is 15.9 Å². The Hall–Kier alpha value is -1.62. The first-order chi connectivity index (χ1) is 9.10. The van der Waals surface area contributed by atoms with Crippen LogP contribution in [-0.2, 0) is 6.61 Å². The van der Waals surface area contributed by atoms with Gasteiger partial charge in [0.25, 0.3) is 5.91 Å². The Balaban J connectivity index is 2.25. The van der Waals surface area contributed by atoms with Crippen molar-refractivity contribution in [3.8, 4) is 0 Å². The molecular formula is C13H10Cl2N2O2. The molecule has 0 radical (unpaired) electrons. The Labute approximate surface area is 120 Å². The van der Waals surface area contributed by atoms with Gasteiger partial charge >= 0.3 is 0 Å². The van der Waals surface area contributed by atoms with Crippen LogP contribution in [0.25, 0.3) is 0 Å². The van der Waals surface area contributed by atoms with E-state index in [1.807, 2.05) is 0 Å². The minimum atomic E-state index is -0.368. The van der Waals surface area contributed by atoms with Crippen LogP contribution >= 0.6 is 23.2 Å². The Kier molecular flexibility index (Phi) is 4.37. The van der Waals surface area contributed by atoms with E-state index in [4.69, 9.17) is 23.2 Å². The molecule has 1 amide bonds. The highest BCUT2D eigenvalue weighted by Gasteiger charge is 2.10. The summed E-state index contributed by atoms with van der Waals surface area (Å²) in [7, 11) is 0. The monoisotopic (exact) mass is 296 g/mol. The van der Waals surface area contributed by atoms with Crippen LogP contribution in [0, 0.1) is 0 Å². The summed E-state index contributed by atoms with van der Waals surface area (Å²) >= 11 is 11.5. The van der Waals surface area contributed by atoms with Gasteiger partial charge in [0, 0.05) is 16.8 Å². The van der Waals surface area contributed by atoms with Crippen molar-refractivity contribution >= 4 is 34.8 Å². The molecule has 98 valence electrons. The Morgan fingerprint density at radius 3 is 2.47 bits per heavy atom. The second-order valence-electron chi connectivity index (χ2n) is 3.77. The van der Waals surface area contributed by atoms with Crippen LogP contribution < -0.4 is 5.32 Å². The van der Waals surface area contributed by atoms with Gasteiger partial charge in [0.15, 0.2) is 0 Å². The zero-order valence-electron chi connectivity index (χ0n) is 9.73. The summed E-state index contributed by atoms with van der Waals surface area (Å²) in [6, 6.07) is 9.81. The molecule has 2 rings (SSSR count). The molecule has 4 nitrogen and oxygen atoms in total. The summed E-state index contributed by atoms with van der Waals surface area (Å²) in [6.45, 7) is -0.158. The van der Waals surface area contributed by atoms with Crippen LogP contribution in [0.3, 0.4) is 0 Å². The summed E-state index contributed by atoms with van der Waals surface area (Å²) in [6.07, 6.45) is 0. The Morgan fingerprint density at radius 1 is 1.21 bits per heavy atom. The third-order valence-electron chi connectivity index (χ3n) is 2.46. The molecule has 2 N–H and O–H groups in total. The highest BCUT2D eigenvalue weighted by atomic mass is 35.5. The van der Waals surface area contributed by atoms with Gasteiger partial charge in [-0.05, 0) is 18.2 Å². The average molecular weight is 297 g/mol. The van der Waals surface area contributed by atoms with Crippen LogP contribution in [0.15, 0.2) is 36.4 Å². The fraction of sp³-hybridized carbons (Fsp3) is 0.0769. The predicted octanol–water partition coefficient (Wildman–Crippen LogP) is 3.13. The SMILES string of the molecule is O=C(Nc1ccccc1CO)c1cc(Cl)nc(Cl)c1. The van der Waals surface area contributed by atoms with Crippen molar-refractivity contribution in [2.45, 2.75) is 6.61 Å². The molecule has 0 atom stereocenters. The number of para-hydroxylation sites is 1. The van der Waals surface area contributed by atoms with E-state index in [0.717, 1.165) is 0 Å². The molecule has 0 fully saturated rings. The standard InChI is InChI=1S/C13H10Cl2N2O2/c14-11-5-9(6-12(15)17-11)13(19)16-10-4-2-1-3-8(10)7-18/h1-6,18H,7H2,(H,16,19). The Bertz CT molecular complexity index is 597. The van der Waals surface area contributed by atoms with Crippen LogP contribution in [0.4, 0.5) is 5.69 Å². The third-order valence-corrected chi connectivity index (χ3v) is 2.85. The van der Waals surface area contributed by atoms with Gasteiger partial charge in [0.1, 0.15) is 10.3 Å². The van der Waals surface area contributed by atoms with Crippen molar-refractivity contribution in [3.63, 3.8) is 0 Å². The average Bonchev–Trinajstić information content (AvgIpc) is 2.38. The lowest BCUT2D eigenvalue weighted by Crippen LogP contribution is -2.13. The fourth-order valence-corrected chi connectivity index (χ4v) is 2.03. The molecule has 1 aromatic heterocycles. The number of benzene rings is 1. The van der Waals surface area contributed by atoms with Crippen LogP contribution in [-0.4, -0.2) is 16.0 Å². The number of rotatable bonds is 3. The van der Waals surface area contributed by atoms with Crippen molar-refractivity contribution in [1.82, 2.24) is 4.98 Å². The smallest absolute Gasteiger partial charge is 0.255 e. The molecule has 1 aromatic carbocycles. The maximum absolute atomic E-state index is 12.0. The number of amides is 1. The molecule has 0 saturated carbocycles. The van der Waals surface area contributed by atoms with Crippen LogP contribution in [0.5, 0.6) is 0 Å². The number of halogens is 2. The maximum atomic E-state index is 12.0. The number of anilines is 1. The molecule has 6 heteroatoms. The fourth-order valence-electron chi connectivity index (χ4n) is 1.57. The van der Waals surface area contributed by atoms with Crippen molar-refractivity contribution in [3.05, 3.63) is 57.8 Å². The van der Waals surface area contributed by atoms with Gasteiger partial charge in [-0.2, -0.15) is 0 Å². The molecule has 1 heterocycles. The summed E-state index contributed by atoms with van der Waals surface area (Å²) in [5, 5.41) is 12.2. The molecule has 19 heavy (non-hydrogen) atoms. The van der Waals surface area contributed by atoms with E-state index in [1.165, 1.54) is 12.1 Å². The lowest BCUT2D eigenvalue weighted by molar-refractivity contribution is 0.102. The molecule has 0 bridgehead atoms. The first-order valence-corrected chi connectivity index (χ1v) is 6.19. The quantitative estimate of drug-likeness (QED) is 0.856. The summed E-state index contributed by atoms with van der Waals surface area (Å²) in [4.78, 5) is 15.8. The van der Waals surface area contributed by atoms with Crippen LogP contribution in [0.2, 0.25) is 10.3 Å². The van der Waals surface area contributed by atoms with E-state index in [1.54, 1.807) is 24.3 Å². The minimum Gasteiger partial charge on any atom is -0.392 e. The van der Waals surface area contributed by atoms with Crippen molar-refractivity contribution in [2.24, 2.45) is 0 Å². The van der Waals surface area contributed by atoms with E-state index in [2.05, 4.69) is 10.3 Å². The van der Waals surface area contributed by atoms with E-state index in [9.17, 15) is 9.90 Å². The second-order valence-corrected chi connectivity index (χ2v) is 4.55. The number of pyridine rings is 1. The van der Waals surface area contributed by atoms with E-state index < -0.39 is 0 Å². The maximum Gasteiger partial charge on any atom is 0.255 e. The first-order valence-electron chi connectivity index (χ1n) is 5.43. The van der Waals surface area contributed by atoms with Crippen molar-refractivity contribution < 1.29 is 9.90 Å². The number of aromatic nitrogens is 1. The molecule has 0 unspecified atom stereocenters. The molecular weight excluding hydrogens is 287 g/mol. The number of aliphatic hydroxyl groups excluding tert-OH is 1. The molecule has 0 saturated heterocycles. The zero-order chi connectivity index (χ0) is 13.8.